The highest BCUT2D eigenvalue weighted by atomic mass is 127. The van der Waals surface area contributed by atoms with Crippen molar-refractivity contribution in [3.8, 4) is 11.5 Å². The van der Waals surface area contributed by atoms with Crippen molar-refractivity contribution in [2.24, 2.45) is 0 Å². The fourth-order valence-electron chi connectivity index (χ4n) is 1.58. The van der Waals surface area contributed by atoms with Crippen LogP contribution in [0.5, 0.6) is 11.5 Å². The quantitative estimate of drug-likeness (QED) is 0.714. The Morgan fingerprint density at radius 3 is 2.41 bits per heavy atom. The number of hydrogen-bond donors (Lipinski definition) is 1. The number of nitrogens with one attached hydrogen (secondary N) is 1. The molecular formula is C14H12F2INO3S. The molecule has 2 aromatic rings. The SMILES string of the molecule is CCS(=O)(=O)Nc1ccc(Oc2ccc(F)cc2F)c(I)c1. The Bertz CT molecular complexity index is 797. The number of anilines is 1. The largest absolute Gasteiger partial charge is 0.453 e. The van der Waals surface area contributed by atoms with Gasteiger partial charge in [0, 0.05) is 11.8 Å². The van der Waals surface area contributed by atoms with E-state index in [1.807, 2.05) is 22.6 Å². The summed E-state index contributed by atoms with van der Waals surface area (Å²) < 4.78 is 57.8. The van der Waals surface area contributed by atoms with Crippen LogP contribution >= 0.6 is 22.6 Å². The number of rotatable bonds is 5. The van der Waals surface area contributed by atoms with Crippen LogP contribution in [-0.4, -0.2) is 14.2 Å². The predicted molar refractivity (Wildman–Crippen MR) is 88.7 cm³/mol. The third-order valence-corrected chi connectivity index (χ3v) is 4.85. The van der Waals surface area contributed by atoms with Gasteiger partial charge in [-0.1, -0.05) is 0 Å². The van der Waals surface area contributed by atoms with E-state index >= 15 is 0 Å². The lowest BCUT2D eigenvalue weighted by Gasteiger charge is -2.11. The van der Waals surface area contributed by atoms with E-state index in [1.54, 1.807) is 6.07 Å². The minimum absolute atomic E-state index is 0.0391. The zero-order valence-electron chi connectivity index (χ0n) is 11.4. The van der Waals surface area contributed by atoms with Gasteiger partial charge >= 0.3 is 0 Å². The molecule has 1 N–H and O–H groups in total. The monoisotopic (exact) mass is 439 g/mol. The van der Waals surface area contributed by atoms with Crippen LogP contribution in [0.15, 0.2) is 36.4 Å². The smallest absolute Gasteiger partial charge is 0.232 e. The Morgan fingerprint density at radius 2 is 1.82 bits per heavy atom. The summed E-state index contributed by atoms with van der Waals surface area (Å²) in [6.07, 6.45) is 0. The van der Waals surface area contributed by atoms with Crippen molar-refractivity contribution < 1.29 is 21.9 Å². The molecule has 2 rings (SSSR count). The van der Waals surface area contributed by atoms with E-state index in [4.69, 9.17) is 4.74 Å². The van der Waals surface area contributed by atoms with Crippen LogP contribution in [0.25, 0.3) is 0 Å². The van der Waals surface area contributed by atoms with Gasteiger partial charge in [0.2, 0.25) is 10.0 Å². The average Bonchev–Trinajstić information content (AvgIpc) is 2.44. The number of sulfonamides is 1. The van der Waals surface area contributed by atoms with Crippen molar-refractivity contribution in [1.82, 2.24) is 0 Å². The number of halogens is 3. The Labute approximate surface area is 140 Å². The summed E-state index contributed by atoms with van der Waals surface area (Å²) in [4.78, 5) is 0. The van der Waals surface area contributed by atoms with Crippen molar-refractivity contribution in [2.75, 3.05) is 10.5 Å². The van der Waals surface area contributed by atoms with Crippen LogP contribution < -0.4 is 9.46 Å². The summed E-state index contributed by atoms with van der Waals surface area (Å²) in [5.41, 5.74) is 0.387. The Hall–Kier alpha value is -1.42. The maximum absolute atomic E-state index is 13.6. The lowest BCUT2D eigenvalue weighted by atomic mass is 10.3. The van der Waals surface area contributed by atoms with E-state index in [0.717, 1.165) is 12.1 Å². The van der Waals surface area contributed by atoms with E-state index in [0.29, 0.717) is 15.0 Å². The molecule has 4 nitrogen and oxygen atoms in total. The summed E-state index contributed by atoms with van der Waals surface area (Å²) in [7, 11) is -3.37. The molecule has 0 unspecified atom stereocenters. The van der Waals surface area contributed by atoms with E-state index < -0.39 is 21.7 Å². The Balaban J connectivity index is 2.23. The van der Waals surface area contributed by atoms with Crippen molar-refractivity contribution in [3.63, 3.8) is 0 Å². The van der Waals surface area contributed by atoms with Gasteiger partial charge in [-0.2, -0.15) is 0 Å². The van der Waals surface area contributed by atoms with E-state index in [9.17, 15) is 17.2 Å². The lowest BCUT2D eigenvalue weighted by molar-refractivity contribution is 0.435. The minimum atomic E-state index is -3.37. The second kappa shape index (κ2) is 6.78. The van der Waals surface area contributed by atoms with Gasteiger partial charge in [0.1, 0.15) is 11.6 Å². The van der Waals surface area contributed by atoms with Gasteiger partial charge in [0.25, 0.3) is 0 Å². The third-order valence-electron chi connectivity index (χ3n) is 2.70. The molecule has 0 saturated carbocycles. The molecule has 0 aliphatic carbocycles. The third kappa shape index (κ3) is 4.29. The van der Waals surface area contributed by atoms with Crippen LogP contribution in [-0.2, 0) is 10.0 Å². The highest BCUT2D eigenvalue weighted by Crippen LogP contribution is 2.31. The molecular weight excluding hydrogens is 427 g/mol. The van der Waals surface area contributed by atoms with E-state index in [-0.39, 0.29) is 11.5 Å². The lowest BCUT2D eigenvalue weighted by Crippen LogP contribution is -2.14. The van der Waals surface area contributed by atoms with Crippen LogP contribution in [0, 0.1) is 15.2 Å². The summed E-state index contributed by atoms with van der Waals surface area (Å²) in [6, 6.07) is 7.59. The first-order valence-electron chi connectivity index (χ1n) is 6.23. The van der Waals surface area contributed by atoms with E-state index in [2.05, 4.69) is 4.72 Å². The van der Waals surface area contributed by atoms with Crippen molar-refractivity contribution >= 4 is 38.3 Å². The van der Waals surface area contributed by atoms with Crippen molar-refractivity contribution in [3.05, 3.63) is 51.6 Å². The molecule has 0 fully saturated rings. The Kier molecular flexibility index (Phi) is 5.22. The van der Waals surface area contributed by atoms with Crippen LogP contribution in [0.2, 0.25) is 0 Å². The summed E-state index contributed by atoms with van der Waals surface area (Å²) >= 11 is 1.94. The van der Waals surface area contributed by atoms with Gasteiger partial charge < -0.3 is 4.74 Å². The fraction of sp³-hybridized carbons (Fsp3) is 0.143. The fourth-order valence-corrected chi connectivity index (χ4v) is 2.83. The van der Waals surface area contributed by atoms with Gasteiger partial charge in [0.05, 0.1) is 9.32 Å². The topological polar surface area (TPSA) is 55.4 Å². The molecule has 0 amide bonds. The molecule has 0 aliphatic rings. The Morgan fingerprint density at radius 1 is 1.14 bits per heavy atom. The molecule has 0 aliphatic heterocycles. The van der Waals surface area contributed by atoms with E-state index in [1.165, 1.54) is 25.1 Å². The second-order valence-electron chi connectivity index (χ2n) is 4.33. The van der Waals surface area contributed by atoms with Crippen LogP contribution in [0.3, 0.4) is 0 Å². The molecule has 0 spiro atoms. The molecule has 22 heavy (non-hydrogen) atoms. The first kappa shape index (κ1) is 16.9. The molecule has 2 aromatic carbocycles. The highest BCUT2D eigenvalue weighted by Gasteiger charge is 2.11. The number of hydrogen-bond acceptors (Lipinski definition) is 3. The standard InChI is InChI=1S/C14H12F2INO3S/c1-2-22(19,20)18-10-4-6-14(12(17)8-10)21-13-5-3-9(15)7-11(13)16/h3-8,18H,2H2,1H3. The summed E-state index contributed by atoms with van der Waals surface area (Å²) in [5, 5.41) is 0. The van der Waals surface area contributed by atoms with Gasteiger partial charge in [-0.05, 0) is 59.8 Å². The average molecular weight is 439 g/mol. The van der Waals surface area contributed by atoms with Gasteiger partial charge in [-0.25, -0.2) is 17.2 Å². The molecule has 0 aromatic heterocycles. The molecule has 8 heteroatoms. The molecule has 0 bridgehead atoms. The molecule has 0 saturated heterocycles. The zero-order valence-corrected chi connectivity index (χ0v) is 14.4. The number of ether oxygens (including phenoxy) is 1. The van der Waals surface area contributed by atoms with Gasteiger partial charge in [-0.3, -0.25) is 4.72 Å². The number of benzene rings is 2. The van der Waals surface area contributed by atoms with Crippen LogP contribution in [0.4, 0.5) is 14.5 Å². The normalized spacial score (nSPS) is 11.3. The summed E-state index contributed by atoms with van der Waals surface area (Å²) in [6.45, 7) is 1.53. The van der Waals surface area contributed by atoms with Crippen LogP contribution in [0.1, 0.15) is 6.92 Å². The predicted octanol–water partition coefficient (Wildman–Crippen LogP) is 4.12. The first-order chi connectivity index (χ1) is 10.3. The second-order valence-corrected chi connectivity index (χ2v) is 7.50. The molecule has 118 valence electrons. The molecule has 0 radical (unpaired) electrons. The summed E-state index contributed by atoms with van der Waals surface area (Å²) in [5.74, 6) is -1.31. The van der Waals surface area contributed by atoms with Crippen molar-refractivity contribution in [2.45, 2.75) is 6.92 Å². The van der Waals surface area contributed by atoms with Gasteiger partial charge in [-0.15, -0.1) is 0 Å². The van der Waals surface area contributed by atoms with Gasteiger partial charge in [0.15, 0.2) is 11.6 Å². The minimum Gasteiger partial charge on any atom is -0.453 e. The first-order valence-corrected chi connectivity index (χ1v) is 8.97. The highest BCUT2D eigenvalue weighted by molar-refractivity contribution is 14.1. The maximum atomic E-state index is 13.6. The maximum Gasteiger partial charge on any atom is 0.232 e. The molecule has 0 atom stereocenters. The zero-order chi connectivity index (χ0) is 16.3. The molecule has 0 heterocycles. The van der Waals surface area contributed by atoms with Crippen molar-refractivity contribution in [1.29, 1.82) is 0 Å².